The third-order valence-corrected chi connectivity index (χ3v) is 3.43. The van der Waals surface area contributed by atoms with Crippen molar-refractivity contribution in [2.45, 2.75) is 40.2 Å². The van der Waals surface area contributed by atoms with Crippen molar-refractivity contribution in [3.05, 3.63) is 24.0 Å². The fraction of sp³-hybridized carbons (Fsp3) is 0.500. The van der Waals surface area contributed by atoms with Crippen molar-refractivity contribution in [2.24, 2.45) is 5.92 Å². The van der Waals surface area contributed by atoms with Gasteiger partial charge in [0.25, 0.3) is 0 Å². The van der Waals surface area contributed by atoms with E-state index in [0.717, 1.165) is 23.3 Å². The number of carbonyl (C=O) groups is 1. The van der Waals surface area contributed by atoms with Gasteiger partial charge in [0, 0.05) is 6.42 Å². The number of rotatable bonds is 5. The number of carbonyl (C=O) groups excluding carboxylic acids is 1. The van der Waals surface area contributed by atoms with Crippen LogP contribution in [-0.4, -0.2) is 22.1 Å². The molecule has 2 rings (SSSR count). The molecule has 5 nitrogen and oxygen atoms in total. The molecule has 1 unspecified atom stereocenters. The minimum absolute atomic E-state index is 0.236. The number of aromatic nitrogens is 2. The van der Waals surface area contributed by atoms with Crippen molar-refractivity contribution in [3.63, 3.8) is 0 Å². The molecule has 0 aliphatic rings. The van der Waals surface area contributed by atoms with Gasteiger partial charge in [-0.1, -0.05) is 26.8 Å². The first kappa shape index (κ1) is 15.4. The number of ether oxygens (including phenoxy) is 1. The molecule has 0 radical (unpaired) electrons. The van der Waals surface area contributed by atoms with E-state index >= 15 is 0 Å². The Kier molecular flexibility index (Phi) is 4.50. The van der Waals surface area contributed by atoms with Crippen LogP contribution in [0.25, 0.3) is 11.0 Å². The molecule has 1 aromatic heterocycles. The van der Waals surface area contributed by atoms with Crippen molar-refractivity contribution < 1.29 is 9.53 Å². The zero-order valence-electron chi connectivity index (χ0n) is 13.1. The molecule has 5 heteroatoms. The maximum absolute atomic E-state index is 12.2. The van der Waals surface area contributed by atoms with Gasteiger partial charge in [0.2, 0.25) is 0 Å². The average Bonchev–Trinajstić information content (AvgIpc) is 2.83. The zero-order chi connectivity index (χ0) is 15.6. The molecule has 2 aromatic rings. The summed E-state index contributed by atoms with van der Waals surface area (Å²) in [6.07, 6.45) is 0.732. The summed E-state index contributed by atoms with van der Waals surface area (Å²) in [4.78, 5) is 16.8. The number of imidazole rings is 1. The number of fused-ring (bicyclic) bond motifs is 1. The predicted octanol–water partition coefficient (Wildman–Crippen LogP) is 2.94. The molecule has 1 atom stereocenters. The number of hydrogen-bond acceptors (Lipinski definition) is 4. The smallest absolute Gasteiger partial charge is 0.328 e. The van der Waals surface area contributed by atoms with E-state index in [4.69, 9.17) is 10.5 Å². The molecule has 0 aliphatic heterocycles. The number of para-hydroxylation sites is 1. The molecule has 1 heterocycles. The van der Waals surface area contributed by atoms with Crippen molar-refractivity contribution in [1.29, 1.82) is 0 Å². The van der Waals surface area contributed by atoms with Crippen molar-refractivity contribution >= 4 is 22.7 Å². The molecule has 114 valence electrons. The third kappa shape index (κ3) is 3.01. The number of esters is 1. The quantitative estimate of drug-likeness (QED) is 0.678. The summed E-state index contributed by atoms with van der Waals surface area (Å²) >= 11 is 0. The fourth-order valence-corrected chi connectivity index (χ4v) is 2.34. The lowest BCUT2D eigenvalue weighted by atomic mass is 10.2. The maximum Gasteiger partial charge on any atom is 0.328 e. The molecule has 21 heavy (non-hydrogen) atoms. The number of nitrogens with zero attached hydrogens (tertiary/aromatic N) is 2. The van der Waals surface area contributed by atoms with Gasteiger partial charge in [-0.15, -0.1) is 0 Å². The first-order chi connectivity index (χ1) is 9.95. The van der Waals surface area contributed by atoms with Crippen LogP contribution in [0.2, 0.25) is 0 Å². The van der Waals surface area contributed by atoms with Crippen molar-refractivity contribution in [3.8, 4) is 0 Å². The van der Waals surface area contributed by atoms with Crippen LogP contribution in [0, 0.1) is 5.92 Å². The SMILES string of the molecule is CCc1nc2c(N)cccc2n1C(C)C(=O)OCC(C)C. The summed E-state index contributed by atoms with van der Waals surface area (Å²) in [6.45, 7) is 8.32. The monoisotopic (exact) mass is 289 g/mol. The largest absolute Gasteiger partial charge is 0.464 e. The van der Waals surface area contributed by atoms with Gasteiger partial charge in [0.05, 0.1) is 17.8 Å². The highest BCUT2D eigenvalue weighted by molar-refractivity contribution is 5.89. The lowest BCUT2D eigenvalue weighted by Crippen LogP contribution is -2.22. The standard InChI is InChI=1S/C16H23N3O2/c1-5-14-18-15-12(17)7-6-8-13(15)19(14)11(4)16(20)21-9-10(2)3/h6-8,10-11H,5,9,17H2,1-4H3. The molecular weight excluding hydrogens is 266 g/mol. The lowest BCUT2D eigenvalue weighted by Gasteiger charge is -2.17. The van der Waals surface area contributed by atoms with E-state index in [1.165, 1.54) is 0 Å². The molecule has 2 N–H and O–H groups in total. The van der Waals surface area contributed by atoms with Gasteiger partial charge < -0.3 is 15.0 Å². The Morgan fingerprint density at radius 3 is 2.71 bits per heavy atom. The first-order valence-electron chi connectivity index (χ1n) is 7.37. The Morgan fingerprint density at radius 2 is 2.10 bits per heavy atom. The van der Waals surface area contributed by atoms with Crippen LogP contribution in [0.5, 0.6) is 0 Å². The van der Waals surface area contributed by atoms with E-state index in [1.807, 2.05) is 50.5 Å². The highest BCUT2D eigenvalue weighted by atomic mass is 16.5. The molecule has 0 fully saturated rings. The number of nitrogen functional groups attached to an aromatic ring is 1. The van der Waals surface area contributed by atoms with Gasteiger partial charge in [0.1, 0.15) is 17.4 Å². The normalized spacial score (nSPS) is 12.8. The summed E-state index contributed by atoms with van der Waals surface area (Å²) in [7, 11) is 0. The van der Waals surface area contributed by atoms with E-state index in [9.17, 15) is 4.79 Å². The maximum atomic E-state index is 12.2. The van der Waals surface area contributed by atoms with Crippen LogP contribution in [-0.2, 0) is 16.0 Å². The molecule has 0 saturated heterocycles. The van der Waals surface area contributed by atoms with E-state index in [2.05, 4.69) is 4.98 Å². The topological polar surface area (TPSA) is 70.1 Å². The second-order valence-corrected chi connectivity index (χ2v) is 5.67. The molecular formula is C16H23N3O2. The van der Waals surface area contributed by atoms with Gasteiger partial charge in [-0.2, -0.15) is 0 Å². The van der Waals surface area contributed by atoms with E-state index in [-0.39, 0.29) is 5.97 Å². The molecule has 1 aromatic carbocycles. The van der Waals surface area contributed by atoms with Gasteiger partial charge in [0.15, 0.2) is 0 Å². The number of anilines is 1. The van der Waals surface area contributed by atoms with Gasteiger partial charge in [-0.05, 0) is 25.0 Å². The Hall–Kier alpha value is -2.04. The second kappa shape index (κ2) is 6.16. The summed E-state index contributed by atoms with van der Waals surface area (Å²) in [6, 6.07) is 5.22. The van der Waals surface area contributed by atoms with Crippen molar-refractivity contribution in [2.75, 3.05) is 12.3 Å². The average molecular weight is 289 g/mol. The summed E-state index contributed by atoms with van der Waals surface area (Å²) in [5.74, 6) is 0.930. The van der Waals surface area contributed by atoms with Crippen LogP contribution in [0.15, 0.2) is 18.2 Å². The minimum atomic E-state index is -0.412. The third-order valence-electron chi connectivity index (χ3n) is 3.43. The fourth-order valence-electron chi connectivity index (χ4n) is 2.34. The summed E-state index contributed by atoms with van der Waals surface area (Å²) in [5.41, 5.74) is 8.23. The van der Waals surface area contributed by atoms with E-state index < -0.39 is 6.04 Å². The highest BCUT2D eigenvalue weighted by Gasteiger charge is 2.22. The Bertz CT molecular complexity index is 646. The summed E-state index contributed by atoms with van der Waals surface area (Å²) in [5, 5.41) is 0. The van der Waals surface area contributed by atoms with Crippen LogP contribution in [0.3, 0.4) is 0 Å². The van der Waals surface area contributed by atoms with E-state index in [1.54, 1.807) is 0 Å². The molecule has 0 amide bonds. The molecule has 0 bridgehead atoms. The Labute approximate surface area is 125 Å². The van der Waals surface area contributed by atoms with E-state index in [0.29, 0.717) is 18.2 Å². The highest BCUT2D eigenvalue weighted by Crippen LogP contribution is 2.26. The molecule has 0 saturated carbocycles. The summed E-state index contributed by atoms with van der Waals surface area (Å²) < 4.78 is 7.27. The number of benzene rings is 1. The zero-order valence-corrected chi connectivity index (χ0v) is 13.1. The number of hydrogen-bond donors (Lipinski definition) is 1. The number of aryl methyl sites for hydroxylation is 1. The van der Waals surface area contributed by atoms with Crippen LogP contribution in [0.1, 0.15) is 39.6 Å². The van der Waals surface area contributed by atoms with Crippen LogP contribution >= 0.6 is 0 Å². The van der Waals surface area contributed by atoms with Gasteiger partial charge in [-0.25, -0.2) is 9.78 Å². The molecule has 0 spiro atoms. The van der Waals surface area contributed by atoms with Crippen LogP contribution < -0.4 is 5.73 Å². The minimum Gasteiger partial charge on any atom is -0.464 e. The second-order valence-electron chi connectivity index (χ2n) is 5.67. The predicted molar refractivity (Wildman–Crippen MR) is 84.0 cm³/mol. The number of nitrogens with two attached hydrogens (primary N) is 1. The lowest BCUT2D eigenvalue weighted by molar-refractivity contribution is -0.148. The first-order valence-corrected chi connectivity index (χ1v) is 7.37. The van der Waals surface area contributed by atoms with Crippen molar-refractivity contribution in [1.82, 2.24) is 9.55 Å². The van der Waals surface area contributed by atoms with Gasteiger partial charge >= 0.3 is 5.97 Å². The van der Waals surface area contributed by atoms with Crippen LogP contribution in [0.4, 0.5) is 5.69 Å². The molecule has 0 aliphatic carbocycles. The Morgan fingerprint density at radius 1 is 1.38 bits per heavy atom. The Balaban J connectivity index is 2.40. The van der Waals surface area contributed by atoms with Gasteiger partial charge in [-0.3, -0.25) is 0 Å².